The van der Waals surface area contributed by atoms with Gasteiger partial charge in [0.1, 0.15) is 5.76 Å². The number of hydrogen-bond donors (Lipinski definition) is 1. The van der Waals surface area contributed by atoms with Crippen LogP contribution in [0.2, 0.25) is 0 Å². The van der Waals surface area contributed by atoms with Crippen LogP contribution in [0, 0.1) is 6.92 Å². The van der Waals surface area contributed by atoms with Crippen LogP contribution in [0.3, 0.4) is 0 Å². The molecule has 0 radical (unpaired) electrons. The summed E-state index contributed by atoms with van der Waals surface area (Å²) in [6, 6.07) is 9.95. The third-order valence-corrected chi connectivity index (χ3v) is 4.39. The summed E-state index contributed by atoms with van der Waals surface area (Å²) in [5, 5.41) is 0. The first-order chi connectivity index (χ1) is 8.50. The SMILES string of the molecule is Cc1ccccc1S(=O)(=O)NC(C)c1ccco1. The van der Waals surface area contributed by atoms with E-state index in [2.05, 4.69) is 4.72 Å². The second-order valence-corrected chi connectivity index (χ2v) is 5.81. The van der Waals surface area contributed by atoms with Gasteiger partial charge in [0.15, 0.2) is 0 Å². The van der Waals surface area contributed by atoms with E-state index in [4.69, 9.17) is 4.42 Å². The number of rotatable bonds is 4. The van der Waals surface area contributed by atoms with Crippen molar-refractivity contribution in [2.45, 2.75) is 24.8 Å². The number of hydrogen-bond acceptors (Lipinski definition) is 3. The summed E-state index contributed by atoms with van der Waals surface area (Å²) < 4.78 is 32.2. The van der Waals surface area contributed by atoms with Crippen LogP contribution in [0.5, 0.6) is 0 Å². The molecule has 0 aliphatic carbocycles. The minimum Gasteiger partial charge on any atom is -0.468 e. The van der Waals surface area contributed by atoms with Crippen molar-refractivity contribution in [3.63, 3.8) is 0 Å². The molecule has 18 heavy (non-hydrogen) atoms. The second kappa shape index (κ2) is 4.96. The minimum absolute atomic E-state index is 0.295. The van der Waals surface area contributed by atoms with Crippen LogP contribution >= 0.6 is 0 Å². The van der Waals surface area contributed by atoms with E-state index >= 15 is 0 Å². The highest BCUT2D eigenvalue weighted by molar-refractivity contribution is 7.89. The molecule has 1 N–H and O–H groups in total. The standard InChI is InChI=1S/C13H15NO3S/c1-10-6-3-4-8-13(10)18(15,16)14-11(2)12-7-5-9-17-12/h3-9,11,14H,1-2H3. The Morgan fingerprint density at radius 1 is 1.17 bits per heavy atom. The summed E-state index contributed by atoms with van der Waals surface area (Å²) in [7, 11) is -3.53. The van der Waals surface area contributed by atoms with Gasteiger partial charge < -0.3 is 4.42 Å². The molecule has 1 atom stereocenters. The Labute approximate surface area is 107 Å². The monoisotopic (exact) mass is 265 g/mol. The highest BCUT2D eigenvalue weighted by Gasteiger charge is 2.20. The molecule has 1 aromatic heterocycles. The molecule has 0 aliphatic rings. The zero-order chi connectivity index (χ0) is 13.2. The highest BCUT2D eigenvalue weighted by Crippen LogP contribution is 2.19. The first kappa shape index (κ1) is 12.9. The molecule has 0 aliphatic heterocycles. The maximum Gasteiger partial charge on any atom is 0.241 e. The van der Waals surface area contributed by atoms with Crippen molar-refractivity contribution in [3.05, 3.63) is 54.0 Å². The van der Waals surface area contributed by atoms with Gasteiger partial charge >= 0.3 is 0 Å². The number of benzene rings is 1. The topological polar surface area (TPSA) is 59.3 Å². The molecular weight excluding hydrogens is 250 g/mol. The van der Waals surface area contributed by atoms with Gasteiger partial charge in [0.25, 0.3) is 0 Å². The first-order valence-corrected chi connectivity index (χ1v) is 7.10. The van der Waals surface area contributed by atoms with Gasteiger partial charge in [-0.2, -0.15) is 0 Å². The summed E-state index contributed by atoms with van der Waals surface area (Å²) in [6.07, 6.45) is 1.52. The van der Waals surface area contributed by atoms with E-state index in [0.29, 0.717) is 10.7 Å². The van der Waals surface area contributed by atoms with E-state index in [0.717, 1.165) is 5.56 Å². The number of sulfonamides is 1. The predicted molar refractivity (Wildman–Crippen MR) is 68.6 cm³/mol. The Morgan fingerprint density at radius 3 is 2.50 bits per heavy atom. The van der Waals surface area contributed by atoms with Crippen LogP contribution in [-0.2, 0) is 10.0 Å². The van der Waals surface area contributed by atoms with Crippen molar-refractivity contribution in [2.24, 2.45) is 0 Å². The zero-order valence-corrected chi connectivity index (χ0v) is 11.1. The molecule has 0 fully saturated rings. The lowest BCUT2D eigenvalue weighted by atomic mass is 10.2. The zero-order valence-electron chi connectivity index (χ0n) is 10.3. The van der Waals surface area contributed by atoms with Crippen molar-refractivity contribution >= 4 is 10.0 Å². The summed E-state index contributed by atoms with van der Waals surface area (Å²) in [6.45, 7) is 3.51. The van der Waals surface area contributed by atoms with E-state index in [9.17, 15) is 8.42 Å². The Balaban J connectivity index is 2.26. The molecule has 0 bridgehead atoms. The lowest BCUT2D eigenvalue weighted by Crippen LogP contribution is -2.27. The van der Waals surface area contributed by atoms with Crippen LogP contribution in [-0.4, -0.2) is 8.42 Å². The van der Waals surface area contributed by atoms with Crippen LogP contribution in [0.25, 0.3) is 0 Å². The number of aryl methyl sites for hydroxylation is 1. The van der Waals surface area contributed by atoms with Gasteiger partial charge in [-0.05, 0) is 37.6 Å². The van der Waals surface area contributed by atoms with E-state index in [1.807, 2.05) is 6.07 Å². The van der Waals surface area contributed by atoms with Gasteiger partial charge in [-0.15, -0.1) is 0 Å². The van der Waals surface area contributed by atoms with Crippen molar-refractivity contribution in [3.8, 4) is 0 Å². The smallest absolute Gasteiger partial charge is 0.241 e. The molecule has 0 amide bonds. The molecule has 2 aromatic rings. The molecule has 5 heteroatoms. The Morgan fingerprint density at radius 2 is 1.89 bits per heavy atom. The molecule has 96 valence electrons. The van der Waals surface area contributed by atoms with E-state index in [1.54, 1.807) is 44.2 Å². The molecule has 4 nitrogen and oxygen atoms in total. The van der Waals surface area contributed by atoms with Crippen molar-refractivity contribution in [2.75, 3.05) is 0 Å². The predicted octanol–water partition coefficient (Wildman–Crippen LogP) is 2.63. The molecule has 2 rings (SSSR count). The lowest BCUT2D eigenvalue weighted by molar-refractivity contribution is 0.459. The lowest BCUT2D eigenvalue weighted by Gasteiger charge is -2.13. The maximum absolute atomic E-state index is 12.2. The number of furan rings is 1. The summed E-state index contributed by atoms with van der Waals surface area (Å²) >= 11 is 0. The van der Waals surface area contributed by atoms with Crippen LogP contribution in [0.1, 0.15) is 24.3 Å². The van der Waals surface area contributed by atoms with Crippen molar-refractivity contribution < 1.29 is 12.8 Å². The average molecular weight is 265 g/mol. The average Bonchev–Trinajstić information content (AvgIpc) is 2.82. The Hall–Kier alpha value is -1.59. The first-order valence-electron chi connectivity index (χ1n) is 5.62. The fourth-order valence-electron chi connectivity index (χ4n) is 1.75. The molecule has 1 unspecified atom stereocenters. The summed E-state index contributed by atoms with van der Waals surface area (Å²) in [5.74, 6) is 0.590. The van der Waals surface area contributed by atoms with Gasteiger partial charge in [0, 0.05) is 0 Å². The molecule has 1 aromatic carbocycles. The van der Waals surface area contributed by atoms with E-state index < -0.39 is 16.1 Å². The molecule has 0 saturated carbocycles. The molecular formula is C13H15NO3S. The van der Waals surface area contributed by atoms with E-state index in [-0.39, 0.29) is 0 Å². The molecule has 0 spiro atoms. The van der Waals surface area contributed by atoms with Crippen LogP contribution < -0.4 is 4.72 Å². The number of nitrogens with one attached hydrogen (secondary N) is 1. The largest absolute Gasteiger partial charge is 0.468 e. The van der Waals surface area contributed by atoms with Gasteiger partial charge in [-0.1, -0.05) is 18.2 Å². The summed E-state index contributed by atoms with van der Waals surface area (Å²) in [5.41, 5.74) is 0.719. The molecule has 1 heterocycles. The van der Waals surface area contributed by atoms with Crippen molar-refractivity contribution in [1.29, 1.82) is 0 Å². The second-order valence-electron chi connectivity index (χ2n) is 4.12. The maximum atomic E-state index is 12.2. The van der Waals surface area contributed by atoms with Crippen molar-refractivity contribution in [1.82, 2.24) is 4.72 Å². The van der Waals surface area contributed by atoms with Gasteiger partial charge in [-0.25, -0.2) is 13.1 Å². The van der Waals surface area contributed by atoms with Gasteiger partial charge in [-0.3, -0.25) is 0 Å². The Kier molecular flexibility index (Phi) is 3.54. The van der Waals surface area contributed by atoms with Crippen LogP contribution in [0.15, 0.2) is 52.0 Å². The quantitative estimate of drug-likeness (QED) is 0.924. The Bertz CT molecular complexity index is 617. The van der Waals surface area contributed by atoms with Gasteiger partial charge in [0.2, 0.25) is 10.0 Å². The fourth-order valence-corrected chi connectivity index (χ4v) is 3.21. The molecule has 0 saturated heterocycles. The van der Waals surface area contributed by atoms with Crippen LogP contribution in [0.4, 0.5) is 0 Å². The third kappa shape index (κ3) is 2.63. The summed E-state index contributed by atoms with van der Waals surface area (Å²) in [4.78, 5) is 0.295. The van der Waals surface area contributed by atoms with E-state index in [1.165, 1.54) is 6.26 Å². The minimum atomic E-state index is -3.53. The third-order valence-electron chi connectivity index (χ3n) is 2.68. The van der Waals surface area contributed by atoms with Gasteiger partial charge in [0.05, 0.1) is 17.2 Å². The fraction of sp³-hybridized carbons (Fsp3) is 0.231. The highest BCUT2D eigenvalue weighted by atomic mass is 32.2. The normalized spacial score (nSPS) is 13.4.